The highest BCUT2D eigenvalue weighted by atomic mass is 16.5. The summed E-state index contributed by atoms with van der Waals surface area (Å²) in [6.07, 6.45) is 3.86. The summed E-state index contributed by atoms with van der Waals surface area (Å²) < 4.78 is 12.0. The lowest BCUT2D eigenvalue weighted by molar-refractivity contribution is -0.137. The Balaban J connectivity index is 1.31. The Morgan fingerprint density at radius 3 is 2.44 bits per heavy atom. The maximum absolute atomic E-state index is 11.5. The van der Waals surface area contributed by atoms with Crippen molar-refractivity contribution in [1.82, 2.24) is 9.97 Å². The molecule has 0 bridgehead atoms. The van der Waals surface area contributed by atoms with Crippen molar-refractivity contribution < 1.29 is 24.5 Å². The zero-order chi connectivity index (χ0) is 27.9. The number of hydrogen-bond acceptors (Lipinski definition) is 6. The third kappa shape index (κ3) is 5.78. The second-order valence-electron chi connectivity index (χ2n) is 11.9. The average molecular weight is 531 g/mol. The van der Waals surface area contributed by atoms with E-state index in [9.17, 15) is 15.0 Å². The molecule has 206 valence electrons. The molecule has 2 aliphatic carbocycles. The number of aliphatic hydroxyl groups is 1. The smallest absolute Gasteiger partial charge is 0.316 e. The third-order valence-electron chi connectivity index (χ3n) is 8.35. The van der Waals surface area contributed by atoms with Crippen molar-refractivity contribution in [2.24, 2.45) is 5.41 Å². The molecule has 0 radical (unpaired) electrons. The molecule has 1 fully saturated rings. The van der Waals surface area contributed by atoms with E-state index in [4.69, 9.17) is 9.47 Å². The molecular formula is C32H38N2O5. The lowest BCUT2D eigenvalue weighted by atomic mass is 9.87. The Morgan fingerprint density at radius 1 is 1.08 bits per heavy atom. The van der Waals surface area contributed by atoms with Crippen LogP contribution in [-0.2, 0) is 17.8 Å². The monoisotopic (exact) mass is 530 g/mol. The molecule has 2 aliphatic rings. The van der Waals surface area contributed by atoms with Gasteiger partial charge < -0.3 is 19.7 Å². The molecule has 1 heterocycles. The first-order valence-corrected chi connectivity index (χ1v) is 13.7. The van der Waals surface area contributed by atoms with Gasteiger partial charge in [-0.25, -0.2) is 0 Å². The SMILES string of the molecule is Cc1nc(OCCC(C)(C)O)nc(C)c1-c1cccc(COc2ccc3c(c2)CC2(CC2)C3CC(=O)O)c1C. The summed E-state index contributed by atoms with van der Waals surface area (Å²) in [6.45, 7) is 10.3. The highest BCUT2D eigenvalue weighted by Crippen LogP contribution is 2.64. The first kappa shape index (κ1) is 27.1. The average Bonchev–Trinajstić information content (AvgIpc) is 3.55. The second-order valence-corrected chi connectivity index (χ2v) is 11.9. The quantitative estimate of drug-likeness (QED) is 0.327. The fraction of sp³-hybridized carbons (Fsp3) is 0.469. The predicted octanol–water partition coefficient (Wildman–Crippen LogP) is 6.08. The lowest BCUT2D eigenvalue weighted by Crippen LogP contribution is -2.22. The van der Waals surface area contributed by atoms with Gasteiger partial charge in [-0.15, -0.1) is 0 Å². The van der Waals surface area contributed by atoms with Gasteiger partial charge >= 0.3 is 12.0 Å². The van der Waals surface area contributed by atoms with Crippen molar-refractivity contribution in [3.8, 4) is 22.9 Å². The Kier molecular flexibility index (Phi) is 7.14. The van der Waals surface area contributed by atoms with Crippen LogP contribution >= 0.6 is 0 Å². The van der Waals surface area contributed by atoms with Crippen LogP contribution in [0.15, 0.2) is 36.4 Å². The molecule has 0 saturated heterocycles. The number of carboxylic acids is 1. The number of carboxylic acid groups (broad SMARTS) is 1. The number of hydrogen-bond donors (Lipinski definition) is 2. The standard InChI is InChI=1S/C32H38N2O5/c1-19-22(18-39-24-9-10-26-23(15-24)17-32(11-12-32)27(26)16-28(35)36)7-6-8-25(19)29-20(2)33-30(34-21(29)3)38-14-13-31(4,5)37/h6-10,15,27,37H,11-14,16-18H2,1-5H3,(H,35,36). The van der Waals surface area contributed by atoms with Crippen molar-refractivity contribution in [3.63, 3.8) is 0 Å². The molecule has 1 spiro atoms. The van der Waals surface area contributed by atoms with E-state index in [0.29, 0.717) is 25.6 Å². The predicted molar refractivity (Wildman–Crippen MR) is 149 cm³/mol. The number of nitrogens with zero attached hydrogens (tertiary/aromatic N) is 2. The van der Waals surface area contributed by atoms with Gasteiger partial charge in [-0.1, -0.05) is 24.3 Å². The molecule has 1 unspecified atom stereocenters. The third-order valence-corrected chi connectivity index (χ3v) is 8.35. The minimum absolute atomic E-state index is 0.116. The van der Waals surface area contributed by atoms with Crippen LogP contribution in [-0.4, -0.2) is 38.4 Å². The maximum atomic E-state index is 11.5. The number of aromatic nitrogens is 2. The van der Waals surface area contributed by atoms with Gasteiger partial charge in [0, 0.05) is 17.9 Å². The van der Waals surface area contributed by atoms with Crippen molar-refractivity contribution in [1.29, 1.82) is 0 Å². The maximum Gasteiger partial charge on any atom is 0.316 e. The topological polar surface area (TPSA) is 102 Å². The van der Waals surface area contributed by atoms with Crippen molar-refractivity contribution in [2.45, 2.75) is 84.8 Å². The summed E-state index contributed by atoms with van der Waals surface area (Å²) in [5.41, 5.74) is 7.69. The summed E-state index contributed by atoms with van der Waals surface area (Å²) in [4.78, 5) is 20.6. The van der Waals surface area contributed by atoms with E-state index < -0.39 is 11.6 Å². The van der Waals surface area contributed by atoms with Crippen molar-refractivity contribution >= 4 is 5.97 Å². The van der Waals surface area contributed by atoms with Gasteiger partial charge in [-0.3, -0.25) is 4.79 Å². The van der Waals surface area contributed by atoms with Crippen LogP contribution in [0.3, 0.4) is 0 Å². The normalized spacial score (nSPS) is 17.2. The van der Waals surface area contributed by atoms with Crippen LogP contribution in [0.1, 0.15) is 79.1 Å². The Labute approximate surface area is 230 Å². The number of rotatable bonds is 10. The number of fused-ring (bicyclic) bond motifs is 1. The van der Waals surface area contributed by atoms with Gasteiger partial charge in [0.2, 0.25) is 0 Å². The number of aliphatic carboxylic acids is 1. The van der Waals surface area contributed by atoms with E-state index >= 15 is 0 Å². The number of aryl methyl sites for hydroxylation is 2. The summed E-state index contributed by atoms with van der Waals surface area (Å²) in [5, 5.41) is 19.3. The van der Waals surface area contributed by atoms with Crippen LogP contribution in [0.2, 0.25) is 0 Å². The molecule has 1 aromatic heterocycles. The molecule has 2 aromatic carbocycles. The molecule has 5 rings (SSSR count). The largest absolute Gasteiger partial charge is 0.489 e. The summed E-state index contributed by atoms with van der Waals surface area (Å²) >= 11 is 0. The first-order valence-electron chi connectivity index (χ1n) is 13.7. The molecule has 0 amide bonds. The second kappa shape index (κ2) is 10.3. The fourth-order valence-corrected chi connectivity index (χ4v) is 5.99. The highest BCUT2D eigenvalue weighted by Gasteiger charge is 2.54. The van der Waals surface area contributed by atoms with Crippen molar-refractivity contribution in [3.05, 3.63) is 70.0 Å². The van der Waals surface area contributed by atoms with Gasteiger partial charge in [0.1, 0.15) is 12.4 Å². The van der Waals surface area contributed by atoms with Crippen LogP contribution in [0.25, 0.3) is 11.1 Å². The van der Waals surface area contributed by atoms with E-state index in [1.165, 1.54) is 11.1 Å². The molecule has 39 heavy (non-hydrogen) atoms. The molecule has 7 nitrogen and oxygen atoms in total. The Morgan fingerprint density at radius 2 is 1.79 bits per heavy atom. The molecule has 1 atom stereocenters. The van der Waals surface area contributed by atoms with Crippen LogP contribution in [0, 0.1) is 26.2 Å². The molecular weight excluding hydrogens is 492 g/mol. The van der Waals surface area contributed by atoms with E-state index in [-0.39, 0.29) is 17.8 Å². The zero-order valence-corrected chi connectivity index (χ0v) is 23.5. The summed E-state index contributed by atoms with van der Waals surface area (Å²) in [5.74, 6) is 0.206. The van der Waals surface area contributed by atoms with E-state index in [1.807, 2.05) is 26.0 Å². The number of ether oxygens (including phenoxy) is 2. The summed E-state index contributed by atoms with van der Waals surface area (Å²) in [6, 6.07) is 12.7. The number of benzene rings is 2. The Bertz CT molecular complexity index is 1380. The van der Waals surface area contributed by atoms with Gasteiger partial charge in [-0.2, -0.15) is 9.97 Å². The van der Waals surface area contributed by atoms with Gasteiger partial charge in [-0.05, 0) is 99.2 Å². The minimum Gasteiger partial charge on any atom is -0.489 e. The molecule has 3 aromatic rings. The molecule has 1 saturated carbocycles. The Hall–Kier alpha value is -3.45. The summed E-state index contributed by atoms with van der Waals surface area (Å²) in [7, 11) is 0. The van der Waals surface area contributed by atoms with Crippen LogP contribution in [0.4, 0.5) is 0 Å². The van der Waals surface area contributed by atoms with E-state index in [2.05, 4.69) is 41.2 Å². The fourth-order valence-electron chi connectivity index (χ4n) is 5.99. The zero-order valence-electron chi connectivity index (χ0n) is 23.5. The van der Waals surface area contributed by atoms with E-state index in [1.54, 1.807) is 13.8 Å². The van der Waals surface area contributed by atoms with Crippen LogP contribution in [0.5, 0.6) is 11.8 Å². The molecule has 2 N–H and O–H groups in total. The van der Waals surface area contributed by atoms with Gasteiger partial charge in [0.15, 0.2) is 0 Å². The van der Waals surface area contributed by atoms with Gasteiger partial charge in [0.05, 0.1) is 30.0 Å². The van der Waals surface area contributed by atoms with E-state index in [0.717, 1.165) is 58.7 Å². The number of carbonyl (C=O) groups is 1. The molecule has 7 heteroatoms. The van der Waals surface area contributed by atoms with Crippen LogP contribution < -0.4 is 9.47 Å². The van der Waals surface area contributed by atoms with Gasteiger partial charge in [0.25, 0.3) is 0 Å². The lowest BCUT2D eigenvalue weighted by Gasteiger charge is -2.18. The highest BCUT2D eigenvalue weighted by molar-refractivity contribution is 5.72. The van der Waals surface area contributed by atoms with Crippen molar-refractivity contribution in [2.75, 3.05) is 6.61 Å². The first-order chi connectivity index (χ1) is 18.5. The molecule has 0 aliphatic heterocycles. The minimum atomic E-state index is -0.800.